The summed E-state index contributed by atoms with van der Waals surface area (Å²) in [5.74, 6) is -0.676. The number of nitrogens with zero attached hydrogens (tertiary/aromatic N) is 1. The summed E-state index contributed by atoms with van der Waals surface area (Å²) in [6, 6.07) is 13.2. The zero-order chi connectivity index (χ0) is 18.4. The predicted octanol–water partition coefficient (Wildman–Crippen LogP) is 3.58. The summed E-state index contributed by atoms with van der Waals surface area (Å²) in [7, 11) is 0. The molecule has 7 heteroatoms. The fourth-order valence-electron chi connectivity index (χ4n) is 1.94. The van der Waals surface area contributed by atoms with E-state index < -0.39 is 5.91 Å². The maximum atomic E-state index is 12.2. The minimum absolute atomic E-state index is 0.0777. The SMILES string of the molecule is CC(=O)c1cccc(N/C=C(/C#N)C(=O)Nc2ccc(N)c(Cl)c2)c1. The lowest BCUT2D eigenvalue weighted by Crippen LogP contribution is -2.14. The van der Waals surface area contributed by atoms with Crippen molar-refractivity contribution in [3.63, 3.8) is 0 Å². The molecule has 0 aliphatic heterocycles. The highest BCUT2D eigenvalue weighted by Gasteiger charge is 2.10. The summed E-state index contributed by atoms with van der Waals surface area (Å²) in [5.41, 5.74) is 7.40. The zero-order valence-corrected chi connectivity index (χ0v) is 14.1. The van der Waals surface area contributed by atoms with Crippen molar-refractivity contribution in [3.05, 3.63) is 64.8 Å². The van der Waals surface area contributed by atoms with Gasteiger partial charge in [0.2, 0.25) is 0 Å². The molecule has 0 saturated carbocycles. The van der Waals surface area contributed by atoms with Crippen LogP contribution in [0.3, 0.4) is 0 Å². The maximum Gasteiger partial charge on any atom is 0.267 e. The average molecular weight is 355 g/mol. The summed E-state index contributed by atoms with van der Waals surface area (Å²) in [6.07, 6.45) is 1.27. The molecule has 0 unspecified atom stereocenters. The number of halogens is 1. The van der Waals surface area contributed by atoms with E-state index in [0.29, 0.717) is 27.6 Å². The van der Waals surface area contributed by atoms with E-state index >= 15 is 0 Å². The van der Waals surface area contributed by atoms with Crippen molar-refractivity contribution in [1.82, 2.24) is 0 Å². The number of amides is 1. The maximum absolute atomic E-state index is 12.2. The normalized spacial score (nSPS) is 10.7. The van der Waals surface area contributed by atoms with Crippen LogP contribution in [-0.4, -0.2) is 11.7 Å². The molecule has 4 N–H and O–H groups in total. The molecule has 2 rings (SSSR count). The van der Waals surface area contributed by atoms with Crippen LogP contribution in [0.5, 0.6) is 0 Å². The Balaban J connectivity index is 2.12. The number of nitriles is 1. The van der Waals surface area contributed by atoms with E-state index in [1.165, 1.54) is 19.2 Å². The second-order valence-corrected chi connectivity index (χ2v) is 5.55. The minimum Gasteiger partial charge on any atom is -0.398 e. The number of nitrogens with two attached hydrogens (primary N) is 1. The van der Waals surface area contributed by atoms with Gasteiger partial charge in [0.25, 0.3) is 5.91 Å². The first-order chi connectivity index (χ1) is 11.9. The Morgan fingerprint density at radius 3 is 2.60 bits per heavy atom. The summed E-state index contributed by atoms with van der Waals surface area (Å²) < 4.78 is 0. The summed E-state index contributed by atoms with van der Waals surface area (Å²) in [6.45, 7) is 1.46. The lowest BCUT2D eigenvalue weighted by atomic mass is 10.1. The Morgan fingerprint density at radius 2 is 1.96 bits per heavy atom. The number of anilines is 3. The monoisotopic (exact) mass is 354 g/mol. The smallest absolute Gasteiger partial charge is 0.267 e. The van der Waals surface area contributed by atoms with E-state index in [1.54, 1.807) is 36.4 Å². The zero-order valence-electron chi connectivity index (χ0n) is 13.3. The van der Waals surface area contributed by atoms with Crippen LogP contribution in [0.2, 0.25) is 5.02 Å². The lowest BCUT2D eigenvalue weighted by molar-refractivity contribution is -0.112. The van der Waals surface area contributed by atoms with Crippen LogP contribution in [0.1, 0.15) is 17.3 Å². The number of hydrogen-bond donors (Lipinski definition) is 3. The molecule has 6 nitrogen and oxygen atoms in total. The standard InChI is InChI=1S/C18H15ClN4O2/c1-11(24)12-3-2-4-14(7-12)22-10-13(9-20)18(25)23-15-5-6-17(21)16(19)8-15/h2-8,10,22H,21H2,1H3,(H,23,25)/b13-10-. The van der Waals surface area contributed by atoms with Gasteiger partial charge in [-0.15, -0.1) is 0 Å². The third-order valence-corrected chi connectivity index (χ3v) is 3.60. The first-order valence-electron chi connectivity index (χ1n) is 7.25. The van der Waals surface area contributed by atoms with Crippen molar-refractivity contribution in [2.75, 3.05) is 16.4 Å². The first kappa shape index (κ1) is 18.0. The van der Waals surface area contributed by atoms with Gasteiger partial charge in [-0.2, -0.15) is 5.26 Å². The van der Waals surface area contributed by atoms with Gasteiger partial charge in [0.05, 0.1) is 10.7 Å². The minimum atomic E-state index is -0.599. The molecule has 126 valence electrons. The van der Waals surface area contributed by atoms with Gasteiger partial charge >= 0.3 is 0 Å². The lowest BCUT2D eigenvalue weighted by Gasteiger charge is -2.07. The quantitative estimate of drug-likeness (QED) is 0.329. The second kappa shape index (κ2) is 7.99. The van der Waals surface area contributed by atoms with Crippen molar-refractivity contribution in [2.24, 2.45) is 0 Å². The van der Waals surface area contributed by atoms with Crippen LogP contribution in [0.4, 0.5) is 17.1 Å². The number of hydrogen-bond acceptors (Lipinski definition) is 5. The van der Waals surface area contributed by atoms with Gasteiger partial charge in [-0.25, -0.2) is 0 Å². The molecular weight excluding hydrogens is 340 g/mol. The highest BCUT2D eigenvalue weighted by atomic mass is 35.5. The molecule has 2 aromatic carbocycles. The van der Waals surface area contributed by atoms with Crippen molar-refractivity contribution in [3.8, 4) is 6.07 Å². The molecule has 0 atom stereocenters. The van der Waals surface area contributed by atoms with Gasteiger partial charge < -0.3 is 16.4 Å². The fraction of sp³-hybridized carbons (Fsp3) is 0.0556. The molecule has 0 saturated heterocycles. The van der Waals surface area contributed by atoms with Crippen LogP contribution in [0.15, 0.2) is 54.2 Å². The molecule has 0 radical (unpaired) electrons. The number of nitrogen functional groups attached to an aromatic ring is 1. The van der Waals surface area contributed by atoms with E-state index in [2.05, 4.69) is 10.6 Å². The summed E-state index contributed by atoms with van der Waals surface area (Å²) in [5, 5.41) is 14.9. The van der Waals surface area contributed by atoms with Gasteiger partial charge in [-0.3, -0.25) is 9.59 Å². The van der Waals surface area contributed by atoms with Gasteiger partial charge in [0.15, 0.2) is 5.78 Å². The Kier molecular flexibility index (Phi) is 5.77. The van der Waals surface area contributed by atoms with Crippen molar-refractivity contribution in [2.45, 2.75) is 6.92 Å². The number of nitrogens with one attached hydrogen (secondary N) is 2. The third-order valence-electron chi connectivity index (χ3n) is 3.28. The molecule has 0 fully saturated rings. The molecule has 0 aliphatic carbocycles. The van der Waals surface area contributed by atoms with Crippen LogP contribution in [-0.2, 0) is 4.79 Å². The van der Waals surface area contributed by atoms with E-state index in [4.69, 9.17) is 17.3 Å². The van der Waals surface area contributed by atoms with Gasteiger partial charge in [-0.1, -0.05) is 23.7 Å². The molecule has 0 bridgehead atoms. The number of benzene rings is 2. The number of rotatable bonds is 5. The van der Waals surface area contributed by atoms with Gasteiger partial charge in [-0.05, 0) is 37.3 Å². The molecule has 0 aliphatic rings. The number of ketones is 1. The number of carbonyl (C=O) groups excluding carboxylic acids is 2. The van der Waals surface area contributed by atoms with Gasteiger partial charge in [0.1, 0.15) is 11.6 Å². The van der Waals surface area contributed by atoms with Crippen LogP contribution < -0.4 is 16.4 Å². The Hall–Kier alpha value is -3.30. The predicted molar refractivity (Wildman–Crippen MR) is 98.3 cm³/mol. The van der Waals surface area contributed by atoms with Crippen molar-refractivity contribution in [1.29, 1.82) is 5.26 Å². The number of carbonyl (C=O) groups is 2. The Morgan fingerprint density at radius 1 is 1.20 bits per heavy atom. The second-order valence-electron chi connectivity index (χ2n) is 5.14. The van der Waals surface area contributed by atoms with Crippen LogP contribution in [0.25, 0.3) is 0 Å². The third kappa shape index (κ3) is 4.83. The molecule has 0 aromatic heterocycles. The average Bonchev–Trinajstić information content (AvgIpc) is 2.59. The topological polar surface area (TPSA) is 108 Å². The highest BCUT2D eigenvalue weighted by molar-refractivity contribution is 6.33. The van der Waals surface area contributed by atoms with E-state index in [-0.39, 0.29) is 11.4 Å². The highest BCUT2D eigenvalue weighted by Crippen LogP contribution is 2.22. The van der Waals surface area contributed by atoms with Crippen LogP contribution >= 0.6 is 11.6 Å². The van der Waals surface area contributed by atoms with E-state index in [9.17, 15) is 14.9 Å². The molecule has 25 heavy (non-hydrogen) atoms. The largest absolute Gasteiger partial charge is 0.398 e. The fourth-order valence-corrected chi connectivity index (χ4v) is 2.12. The Labute approximate surface area is 149 Å². The molecule has 0 heterocycles. The first-order valence-corrected chi connectivity index (χ1v) is 7.62. The molecule has 2 aromatic rings. The Bertz CT molecular complexity index is 900. The van der Waals surface area contributed by atoms with Crippen molar-refractivity contribution >= 4 is 40.4 Å². The van der Waals surface area contributed by atoms with Gasteiger partial charge in [0, 0.05) is 23.1 Å². The van der Waals surface area contributed by atoms with Crippen LogP contribution in [0, 0.1) is 11.3 Å². The summed E-state index contributed by atoms with van der Waals surface area (Å²) in [4.78, 5) is 23.5. The number of Topliss-reactive ketones (excluding diaryl/α,β-unsaturated/α-hetero) is 1. The van der Waals surface area contributed by atoms with Crippen molar-refractivity contribution < 1.29 is 9.59 Å². The van der Waals surface area contributed by atoms with E-state index in [0.717, 1.165) is 0 Å². The molecular formula is C18H15ClN4O2. The summed E-state index contributed by atoms with van der Waals surface area (Å²) >= 11 is 5.90. The molecule has 1 amide bonds. The van der Waals surface area contributed by atoms with E-state index in [1.807, 2.05) is 6.07 Å². The molecule has 0 spiro atoms.